The van der Waals surface area contributed by atoms with E-state index in [9.17, 15) is 69.2 Å². The third kappa shape index (κ3) is 15.4. The third-order valence-electron chi connectivity index (χ3n) is 14.9. The molecule has 0 aliphatic carbocycles. The van der Waals surface area contributed by atoms with Gasteiger partial charge in [-0.1, -0.05) is 90.5 Å². The molecule has 3 atom stereocenters. The summed E-state index contributed by atoms with van der Waals surface area (Å²) in [7, 11) is 0. The Hall–Kier alpha value is -8.26. The van der Waals surface area contributed by atoms with Crippen LogP contribution in [0, 0.1) is 44.1 Å². The quantitative estimate of drug-likeness (QED) is 0.0678. The van der Waals surface area contributed by atoms with E-state index in [2.05, 4.69) is 14.5 Å². The topological polar surface area (TPSA) is 135 Å². The molecule has 3 heterocycles. The molecule has 0 bridgehead atoms. The number of fused-ring (bicyclic) bond motifs is 3. The predicted octanol–water partition coefficient (Wildman–Crippen LogP) is 12.9. The number of β-amino-alcohol motifs (C(OH)–C–C–N with tert-alkyl or cyclic N) is 3. The van der Waals surface area contributed by atoms with Gasteiger partial charge in [0.2, 0.25) is 5.69 Å². The first kappa shape index (κ1) is 64.3. The van der Waals surface area contributed by atoms with Crippen molar-refractivity contribution in [3.05, 3.63) is 210 Å². The molecule has 0 saturated heterocycles. The summed E-state index contributed by atoms with van der Waals surface area (Å²) in [6.45, 7) is 28.0. The van der Waals surface area contributed by atoms with Gasteiger partial charge >= 0.3 is 12.4 Å². The van der Waals surface area contributed by atoms with Gasteiger partial charge in [-0.25, -0.2) is 27.7 Å². The fourth-order valence-corrected chi connectivity index (χ4v) is 10.5. The maximum atomic E-state index is 14.0. The van der Waals surface area contributed by atoms with Gasteiger partial charge in [-0.15, -0.1) is 0 Å². The number of rotatable bonds is 15. The third-order valence-corrected chi connectivity index (χ3v) is 15.2. The number of carbonyl (C=O) groups excluding carboxylic acids is 3. The summed E-state index contributed by atoms with van der Waals surface area (Å²) >= 11 is 5.99. The predicted molar refractivity (Wildman–Crippen MR) is 303 cm³/mol. The Balaban J connectivity index is 0.000000183. The smallest absolute Gasteiger partial charge is 0.380 e. The van der Waals surface area contributed by atoms with Gasteiger partial charge in [-0.3, -0.25) is 14.4 Å². The molecule has 0 unspecified atom stereocenters. The minimum atomic E-state index is -4.72. The number of anilines is 3. The summed E-state index contributed by atoms with van der Waals surface area (Å²) in [5.41, 5.74) is -2.15. The molecule has 444 valence electrons. The Morgan fingerprint density at radius 2 is 0.859 bits per heavy atom. The second-order valence-corrected chi connectivity index (χ2v) is 22.1. The molecule has 0 aromatic heterocycles. The molecule has 3 N–H and O–H groups in total. The Morgan fingerprint density at radius 1 is 0.494 bits per heavy atom. The van der Waals surface area contributed by atoms with Crippen molar-refractivity contribution in [2.45, 2.75) is 95.4 Å². The largest absolute Gasteiger partial charge is 0.407 e. The van der Waals surface area contributed by atoms with Gasteiger partial charge in [0.05, 0.1) is 50.5 Å². The molecule has 85 heavy (non-hydrogen) atoms. The number of benzene rings is 6. The van der Waals surface area contributed by atoms with Crippen molar-refractivity contribution in [1.29, 1.82) is 0 Å². The number of Topliss-reactive ketones (excluding diaryl/α,β-unsaturated/α-hetero) is 3. The monoisotopic (exact) mass is 1200 g/mol. The first-order valence-corrected chi connectivity index (χ1v) is 26.8. The number of aliphatic hydroxyl groups is 3. The van der Waals surface area contributed by atoms with Crippen molar-refractivity contribution < 1.29 is 69.2 Å². The highest BCUT2D eigenvalue weighted by molar-refractivity contribution is 6.33. The van der Waals surface area contributed by atoms with Crippen LogP contribution in [0.2, 0.25) is 5.02 Å². The summed E-state index contributed by atoms with van der Waals surface area (Å²) in [6, 6.07) is 24.0. The molecule has 3 aliphatic rings. The molecule has 9 rings (SSSR count). The number of hydrogen-bond donors (Lipinski definition) is 3. The highest BCUT2D eigenvalue weighted by Crippen LogP contribution is 2.40. The molecule has 6 aromatic carbocycles. The van der Waals surface area contributed by atoms with Crippen LogP contribution in [0.25, 0.3) is 14.5 Å². The lowest BCUT2D eigenvalue weighted by molar-refractivity contribution is -0.137. The van der Waals surface area contributed by atoms with E-state index < -0.39 is 87.1 Å². The average Bonchev–Trinajstić information content (AvgIpc) is 3.49. The van der Waals surface area contributed by atoms with E-state index in [1.165, 1.54) is 51.1 Å². The van der Waals surface area contributed by atoms with Crippen LogP contribution in [-0.2, 0) is 65.3 Å². The van der Waals surface area contributed by atoms with Gasteiger partial charge in [-0.2, -0.15) is 26.3 Å². The zero-order chi connectivity index (χ0) is 62.6. The van der Waals surface area contributed by atoms with Crippen LogP contribution in [-0.4, -0.2) is 88.7 Å². The van der Waals surface area contributed by atoms with Gasteiger partial charge in [0, 0.05) is 67.0 Å². The van der Waals surface area contributed by atoms with E-state index in [0.717, 1.165) is 59.6 Å². The molecule has 0 fully saturated rings. The fourth-order valence-electron chi connectivity index (χ4n) is 10.2. The molecule has 0 radical (unpaired) electrons. The van der Waals surface area contributed by atoms with Crippen molar-refractivity contribution in [3.63, 3.8) is 0 Å². The molecule has 0 amide bonds. The number of aryl methyl sites for hydroxylation is 1. The maximum Gasteiger partial charge on any atom is 0.407 e. The van der Waals surface area contributed by atoms with E-state index >= 15 is 0 Å². The van der Waals surface area contributed by atoms with Gasteiger partial charge in [0.1, 0.15) is 22.6 Å². The highest BCUT2D eigenvalue weighted by atomic mass is 35.5. The summed E-state index contributed by atoms with van der Waals surface area (Å²) in [4.78, 5) is 52.2. The van der Waals surface area contributed by atoms with Crippen molar-refractivity contribution in [1.82, 2.24) is 0 Å². The van der Waals surface area contributed by atoms with Crippen LogP contribution in [0.4, 0.5) is 73.6 Å². The Morgan fingerprint density at radius 3 is 1.28 bits per heavy atom. The van der Waals surface area contributed by atoms with Crippen LogP contribution in [0.1, 0.15) is 70.8 Å². The summed E-state index contributed by atoms with van der Waals surface area (Å²) in [5.74, 6) is -3.90. The minimum absolute atomic E-state index is 0.0300. The lowest BCUT2D eigenvalue weighted by Crippen LogP contribution is -2.47. The number of para-hydroxylation sites is 1. The van der Waals surface area contributed by atoms with Crippen LogP contribution in [0.15, 0.2) is 103 Å². The Kier molecular flexibility index (Phi) is 19.3. The van der Waals surface area contributed by atoms with Crippen LogP contribution < -0.4 is 14.7 Å². The molecular formula is C63H56ClF9N6O6. The molecular weight excluding hydrogens is 1140 g/mol. The molecule has 0 saturated carbocycles. The van der Waals surface area contributed by atoms with Crippen LogP contribution in [0.5, 0.6) is 0 Å². The maximum absolute atomic E-state index is 14.0. The van der Waals surface area contributed by atoms with Crippen molar-refractivity contribution in [2.75, 3.05) is 54.0 Å². The number of nitrogens with zero attached hydrogens (tertiary/aromatic N) is 6. The summed E-state index contributed by atoms with van der Waals surface area (Å²) in [6.07, 6.45) is -8.24. The molecule has 0 spiro atoms. The lowest BCUT2D eigenvalue weighted by atomic mass is 9.93. The first-order chi connectivity index (χ1) is 39.7. The van der Waals surface area contributed by atoms with E-state index in [-0.39, 0.29) is 54.4 Å². The number of ketones is 3. The molecule has 6 aromatic rings. The van der Waals surface area contributed by atoms with E-state index in [4.69, 9.17) is 31.3 Å². The standard InChI is InChI=1S/C22H20F4N2O2.C21H19F3N2O2.C20H17ClF2N2O2/c1-13-8-15-6-7-28(19(15)11-17(13)23)12-21(2,30)20(29)10-14-4-5-18(27-3)16(9-14)22(24,25)26;1-20(28,13-26-10-9-15-5-3-4-6-18(15)26)19(27)12-14-7-8-17(25-2)16(11-14)21(22,23)24;1-20(27,19(26)8-12-3-4-17(24-2)14(21)7-12)11-25-6-5-13-9-15(22)16(23)10-18(13)25/h4-5,8-9,11,30H,6-7,10,12H2,1-2H3;3-8,11,28H,9-10,12-13H2,1H3;3-4,7,9-10,27H,5-6,8,11H2,1H3/t21-;2*20-/m000/s1. The Bertz CT molecular complexity index is 3700. The normalized spacial score (nSPS) is 15.4. The van der Waals surface area contributed by atoms with Crippen LogP contribution in [0.3, 0.4) is 0 Å². The van der Waals surface area contributed by atoms with Gasteiger partial charge < -0.3 is 30.0 Å². The number of halogens is 10. The van der Waals surface area contributed by atoms with Gasteiger partial charge in [0.25, 0.3) is 0 Å². The second-order valence-electron chi connectivity index (χ2n) is 21.7. The molecule has 12 nitrogen and oxygen atoms in total. The zero-order valence-corrected chi connectivity index (χ0v) is 47.1. The van der Waals surface area contributed by atoms with Crippen molar-refractivity contribution >= 4 is 63.1 Å². The summed E-state index contributed by atoms with van der Waals surface area (Å²) < 4.78 is 120. The van der Waals surface area contributed by atoms with E-state index in [0.29, 0.717) is 66.2 Å². The lowest BCUT2D eigenvalue weighted by Gasteiger charge is -2.30. The number of alkyl halides is 6. The number of carbonyl (C=O) groups is 3. The number of hydrogen-bond acceptors (Lipinski definition) is 9. The average molecular weight is 1200 g/mol. The Labute approximate surface area is 489 Å². The van der Waals surface area contributed by atoms with E-state index in [1.807, 2.05) is 29.2 Å². The zero-order valence-electron chi connectivity index (χ0n) is 46.3. The fraction of sp³-hybridized carbons (Fsp3) is 0.333. The van der Waals surface area contributed by atoms with Gasteiger partial charge in [-0.05, 0) is 104 Å². The highest BCUT2D eigenvalue weighted by Gasteiger charge is 2.40. The SMILES string of the molecule is [C-]#[N+]c1ccc(CC(=O)[C@@](C)(O)CN2CCc3cc(C)c(F)cc32)cc1C(F)(F)F.[C-]#[N+]c1ccc(CC(=O)[C@@](C)(O)CN2CCc3cc(F)c(F)cc32)cc1Cl.[C-]#[N+]c1ccc(CC(=O)[C@@](C)(O)CN2CCc3ccccc32)cc1C(F)(F)F. The van der Waals surface area contributed by atoms with Crippen molar-refractivity contribution in [3.8, 4) is 0 Å². The molecule has 3 aliphatic heterocycles. The van der Waals surface area contributed by atoms with E-state index in [1.54, 1.807) is 28.9 Å². The minimum Gasteiger partial charge on any atom is -0.380 e. The molecule has 22 heteroatoms. The van der Waals surface area contributed by atoms with Crippen LogP contribution >= 0.6 is 11.6 Å². The first-order valence-electron chi connectivity index (χ1n) is 26.4. The summed E-state index contributed by atoms with van der Waals surface area (Å²) in [5, 5.41) is 32.4. The second kappa shape index (κ2) is 25.5. The van der Waals surface area contributed by atoms with Gasteiger partial charge in [0.15, 0.2) is 40.4 Å². The van der Waals surface area contributed by atoms with Crippen molar-refractivity contribution in [2.24, 2.45) is 0 Å².